The predicted molar refractivity (Wildman–Crippen MR) is 78.5 cm³/mol. The molecule has 0 aliphatic heterocycles. The Labute approximate surface area is 120 Å². The average molecular weight is 298 g/mol. The molecule has 1 aliphatic rings. The first-order chi connectivity index (χ1) is 9.32. The van der Waals surface area contributed by atoms with Gasteiger partial charge in [-0.2, -0.15) is 0 Å². The first kappa shape index (κ1) is 15.1. The molecule has 2 rings (SSSR count). The summed E-state index contributed by atoms with van der Waals surface area (Å²) in [5, 5.41) is -0.440. The van der Waals surface area contributed by atoms with E-state index < -0.39 is 15.1 Å². The van der Waals surface area contributed by atoms with Crippen molar-refractivity contribution in [3.8, 4) is 0 Å². The van der Waals surface area contributed by atoms with Crippen LogP contribution in [0.3, 0.4) is 0 Å². The van der Waals surface area contributed by atoms with Gasteiger partial charge in [-0.1, -0.05) is 12.8 Å². The number of rotatable bonds is 3. The van der Waals surface area contributed by atoms with Gasteiger partial charge in [0.05, 0.1) is 10.8 Å². The third-order valence-corrected chi connectivity index (χ3v) is 5.87. The van der Waals surface area contributed by atoms with Gasteiger partial charge in [0.2, 0.25) is 0 Å². The summed E-state index contributed by atoms with van der Waals surface area (Å²) in [6.45, 7) is 1.84. The number of amides is 1. The Kier molecular flexibility index (Phi) is 4.22. The lowest BCUT2D eigenvalue weighted by atomic mass is 9.93. The molecule has 5 nitrogen and oxygen atoms in total. The summed E-state index contributed by atoms with van der Waals surface area (Å²) in [5.41, 5.74) is 1.43. The number of H-pyrrole nitrogens is 1. The number of sulfone groups is 1. The number of carbonyl (C=O) groups is 1. The van der Waals surface area contributed by atoms with Crippen molar-refractivity contribution in [1.82, 2.24) is 9.88 Å². The number of nitrogens with zero attached hydrogens (tertiary/aromatic N) is 1. The van der Waals surface area contributed by atoms with Crippen molar-refractivity contribution in [3.63, 3.8) is 0 Å². The van der Waals surface area contributed by atoms with Gasteiger partial charge in [0.15, 0.2) is 9.84 Å². The van der Waals surface area contributed by atoms with Crippen molar-refractivity contribution in [3.05, 3.63) is 23.5 Å². The third-order valence-electron chi connectivity index (χ3n) is 4.22. The fourth-order valence-corrected chi connectivity index (χ4v) is 4.53. The fraction of sp³-hybridized carbons (Fsp3) is 0.643. The second-order valence-corrected chi connectivity index (χ2v) is 7.92. The van der Waals surface area contributed by atoms with E-state index in [4.69, 9.17) is 0 Å². The number of carbonyl (C=O) groups excluding carboxylic acids is 1. The van der Waals surface area contributed by atoms with E-state index >= 15 is 0 Å². The van der Waals surface area contributed by atoms with Crippen molar-refractivity contribution >= 4 is 15.7 Å². The van der Waals surface area contributed by atoms with E-state index in [2.05, 4.69) is 4.98 Å². The van der Waals surface area contributed by atoms with Gasteiger partial charge in [-0.15, -0.1) is 0 Å². The van der Waals surface area contributed by atoms with Crippen LogP contribution in [0.25, 0.3) is 0 Å². The number of hydrogen-bond donors (Lipinski definition) is 1. The Morgan fingerprint density at radius 2 is 2.00 bits per heavy atom. The molecule has 112 valence electrons. The summed E-state index contributed by atoms with van der Waals surface area (Å²) in [6.07, 6.45) is 6.29. The lowest BCUT2D eigenvalue weighted by Crippen LogP contribution is -2.49. The highest BCUT2D eigenvalue weighted by molar-refractivity contribution is 7.91. The van der Waals surface area contributed by atoms with Crippen LogP contribution in [0.15, 0.2) is 12.3 Å². The van der Waals surface area contributed by atoms with Gasteiger partial charge in [-0.05, 0) is 25.8 Å². The average Bonchev–Trinajstić information content (AvgIpc) is 2.82. The molecule has 1 fully saturated rings. The predicted octanol–water partition coefficient (Wildman–Crippen LogP) is 1.75. The molecule has 1 aromatic heterocycles. The maximum Gasteiger partial charge on any atom is 0.255 e. The number of nitrogens with one attached hydrogen (secondary N) is 1. The van der Waals surface area contributed by atoms with Crippen LogP contribution in [0.2, 0.25) is 0 Å². The van der Waals surface area contributed by atoms with Crippen molar-refractivity contribution in [2.24, 2.45) is 0 Å². The van der Waals surface area contributed by atoms with Crippen LogP contribution in [0.4, 0.5) is 0 Å². The molecule has 2 atom stereocenters. The molecule has 0 unspecified atom stereocenters. The quantitative estimate of drug-likeness (QED) is 0.924. The number of aryl methyl sites for hydroxylation is 1. The molecule has 1 aliphatic carbocycles. The Hall–Kier alpha value is -1.30. The van der Waals surface area contributed by atoms with Crippen molar-refractivity contribution in [1.29, 1.82) is 0 Å². The minimum atomic E-state index is -3.13. The van der Waals surface area contributed by atoms with Crippen LogP contribution in [0, 0.1) is 6.92 Å². The Bertz CT molecular complexity index is 591. The molecule has 0 aromatic carbocycles. The molecule has 0 radical (unpaired) electrons. The molecule has 1 heterocycles. The maximum atomic E-state index is 12.5. The van der Waals surface area contributed by atoms with Crippen LogP contribution in [0.5, 0.6) is 0 Å². The van der Waals surface area contributed by atoms with E-state index in [0.29, 0.717) is 12.0 Å². The first-order valence-electron chi connectivity index (χ1n) is 6.92. The number of aromatic nitrogens is 1. The summed E-state index contributed by atoms with van der Waals surface area (Å²) < 4.78 is 23.9. The summed E-state index contributed by atoms with van der Waals surface area (Å²) in [5.74, 6) is -0.107. The highest BCUT2D eigenvalue weighted by atomic mass is 32.2. The van der Waals surface area contributed by atoms with Gasteiger partial charge in [-0.25, -0.2) is 8.42 Å². The zero-order valence-electron chi connectivity index (χ0n) is 12.2. The summed E-state index contributed by atoms with van der Waals surface area (Å²) >= 11 is 0. The minimum absolute atomic E-state index is 0.107. The Morgan fingerprint density at radius 1 is 1.35 bits per heavy atom. The molecule has 1 saturated carbocycles. The minimum Gasteiger partial charge on any atom is -0.365 e. The molecular weight excluding hydrogens is 276 g/mol. The van der Waals surface area contributed by atoms with Crippen LogP contribution < -0.4 is 0 Å². The normalized spacial score (nSPS) is 23.6. The molecule has 0 saturated heterocycles. The Morgan fingerprint density at radius 3 is 2.55 bits per heavy atom. The topological polar surface area (TPSA) is 70.2 Å². The van der Waals surface area contributed by atoms with Crippen LogP contribution in [0.1, 0.15) is 41.7 Å². The van der Waals surface area contributed by atoms with Crippen molar-refractivity contribution in [2.75, 3.05) is 13.3 Å². The molecule has 0 bridgehead atoms. The molecule has 0 spiro atoms. The highest BCUT2D eigenvalue weighted by Crippen LogP contribution is 2.28. The van der Waals surface area contributed by atoms with E-state index in [1.54, 1.807) is 24.2 Å². The van der Waals surface area contributed by atoms with Crippen LogP contribution in [-0.4, -0.2) is 48.8 Å². The maximum absolute atomic E-state index is 12.5. The largest absolute Gasteiger partial charge is 0.365 e. The van der Waals surface area contributed by atoms with E-state index in [9.17, 15) is 13.2 Å². The van der Waals surface area contributed by atoms with Crippen molar-refractivity contribution in [2.45, 2.75) is 43.9 Å². The van der Waals surface area contributed by atoms with E-state index in [1.807, 2.05) is 6.92 Å². The smallest absolute Gasteiger partial charge is 0.255 e. The van der Waals surface area contributed by atoms with E-state index in [-0.39, 0.29) is 11.9 Å². The van der Waals surface area contributed by atoms with Gasteiger partial charge in [0.25, 0.3) is 5.91 Å². The highest BCUT2D eigenvalue weighted by Gasteiger charge is 2.37. The third kappa shape index (κ3) is 2.90. The zero-order chi connectivity index (χ0) is 14.9. The second-order valence-electron chi connectivity index (χ2n) is 5.65. The molecular formula is C14H22N2O3S. The molecule has 1 N–H and O–H groups in total. The summed E-state index contributed by atoms with van der Waals surface area (Å²) in [7, 11) is -1.42. The van der Waals surface area contributed by atoms with Gasteiger partial charge in [-0.3, -0.25) is 4.79 Å². The van der Waals surface area contributed by atoms with Gasteiger partial charge >= 0.3 is 0 Å². The van der Waals surface area contributed by atoms with Crippen molar-refractivity contribution < 1.29 is 13.2 Å². The lowest BCUT2D eigenvalue weighted by Gasteiger charge is -2.37. The second kappa shape index (κ2) is 5.60. The standard InChI is InChI=1S/C14H22N2O3S/c1-10-11(8-9-15-10)14(17)16(2)12-6-4-5-7-13(12)20(3,18)19/h8-9,12-13,15H,4-7H2,1-3H3/t12-,13-/m1/s1. The zero-order valence-corrected chi connectivity index (χ0v) is 13.0. The molecule has 1 amide bonds. The van der Waals surface area contributed by atoms with Crippen LogP contribution in [-0.2, 0) is 9.84 Å². The molecule has 20 heavy (non-hydrogen) atoms. The summed E-state index contributed by atoms with van der Waals surface area (Å²) in [6, 6.07) is 1.52. The summed E-state index contributed by atoms with van der Waals surface area (Å²) in [4.78, 5) is 17.1. The van der Waals surface area contributed by atoms with E-state index in [0.717, 1.165) is 25.0 Å². The first-order valence-corrected chi connectivity index (χ1v) is 8.88. The Balaban J connectivity index is 2.24. The number of aromatic amines is 1. The van der Waals surface area contributed by atoms with E-state index in [1.165, 1.54) is 6.26 Å². The molecule has 1 aromatic rings. The monoisotopic (exact) mass is 298 g/mol. The fourth-order valence-electron chi connectivity index (χ4n) is 3.04. The number of hydrogen-bond acceptors (Lipinski definition) is 3. The van der Waals surface area contributed by atoms with Gasteiger partial charge < -0.3 is 9.88 Å². The lowest BCUT2D eigenvalue weighted by molar-refractivity contribution is 0.0700. The SMILES string of the molecule is Cc1[nH]ccc1C(=O)N(C)[C@@H]1CCCC[C@H]1S(C)(=O)=O. The van der Waals surface area contributed by atoms with Gasteiger partial charge in [0.1, 0.15) is 0 Å². The van der Waals surface area contributed by atoms with Crippen LogP contribution >= 0.6 is 0 Å². The molecule has 6 heteroatoms. The van der Waals surface area contributed by atoms with Gasteiger partial charge in [0, 0.05) is 31.2 Å².